The van der Waals surface area contributed by atoms with Gasteiger partial charge in [0.25, 0.3) is 0 Å². The molecule has 0 aliphatic heterocycles. The summed E-state index contributed by atoms with van der Waals surface area (Å²) in [6, 6.07) is 10.5. The summed E-state index contributed by atoms with van der Waals surface area (Å²) in [5.74, 6) is -1.07. The number of carboxylic acids is 1. The third-order valence-electron chi connectivity index (χ3n) is 4.10. The van der Waals surface area contributed by atoms with Gasteiger partial charge in [-0.05, 0) is 44.9 Å². The van der Waals surface area contributed by atoms with E-state index >= 15 is 0 Å². The van der Waals surface area contributed by atoms with Crippen molar-refractivity contribution < 1.29 is 19.1 Å². The first-order chi connectivity index (χ1) is 12.4. The first kappa shape index (κ1) is 20.1. The second-order valence-electron chi connectivity index (χ2n) is 6.46. The first-order valence-electron chi connectivity index (χ1n) is 8.73. The summed E-state index contributed by atoms with van der Waals surface area (Å²) in [6.45, 7) is 4.40. The van der Waals surface area contributed by atoms with E-state index in [2.05, 4.69) is 0 Å². The molecule has 6 heteroatoms. The van der Waals surface area contributed by atoms with Crippen molar-refractivity contribution in [2.75, 3.05) is 0 Å². The van der Waals surface area contributed by atoms with Crippen molar-refractivity contribution in [2.24, 2.45) is 0 Å². The molecule has 0 atom stereocenters. The Kier molecular flexibility index (Phi) is 7.33. The van der Waals surface area contributed by atoms with Crippen molar-refractivity contribution in [3.05, 3.63) is 47.1 Å². The predicted molar refractivity (Wildman–Crippen MR) is 102 cm³/mol. The SMILES string of the molecule is CC(C)N(Cc1ccc(-c2ccccc2F)s1)C(=O)CCCCC(=O)O. The molecule has 2 aromatic rings. The molecule has 0 unspecified atom stereocenters. The van der Waals surface area contributed by atoms with Crippen LogP contribution in [0.3, 0.4) is 0 Å². The molecule has 1 amide bonds. The van der Waals surface area contributed by atoms with E-state index < -0.39 is 5.97 Å². The number of halogens is 1. The molecule has 0 spiro atoms. The summed E-state index contributed by atoms with van der Waals surface area (Å²) in [7, 11) is 0. The Morgan fingerprint density at radius 1 is 1.12 bits per heavy atom. The van der Waals surface area contributed by atoms with Crippen molar-refractivity contribution in [3.63, 3.8) is 0 Å². The minimum absolute atomic E-state index is 0.0197. The van der Waals surface area contributed by atoms with E-state index in [-0.39, 0.29) is 24.2 Å². The van der Waals surface area contributed by atoms with Gasteiger partial charge in [-0.1, -0.05) is 18.2 Å². The van der Waals surface area contributed by atoms with Crippen molar-refractivity contribution in [3.8, 4) is 10.4 Å². The van der Waals surface area contributed by atoms with Crippen LogP contribution in [-0.4, -0.2) is 27.9 Å². The van der Waals surface area contributed by atoms with Crippen molar-refractivity contribution in [1.82, 2.24) is 4.90 Å². The molecule has 2 rings (SSSR count). The Labute approximate surface area is 157 Å². The highest BCUT2D eigenvalue weighted by atomic mass is 32.1. The molecule has 1 N–H and O–H groups in total. The van der Waals surface area contributed by atoms with Gasteiger partial charge in [-0.3, -0.25) is 9.59 Å². The van der Waals surface area contributed by atoms with Gasteiger partial charge in [-0.25, -0.2) is 4.39 Å². The highest BCUT2D eigenvalue weighted by Gasteiger charge is 2.18. The van der Waals surface area contributed by atoms with Gasteiger partial charge in [0.15, 0.2) is 0 Å². The van der Waals surface area contributed by atoms with Gasteiger partial charge in [0.2, 0.25) is 5.91 Å². The number of hydrogen-bond acceptors (Lipinski definition) is 3. The van der Waals surface area contributed by atoms with Crippen molar-refractivity contribution in [1.29, 1.82) is 0 Å². The smallest absolute Gasteiger partial charge is 0.303 e. The molecule has 0 aliphatic carbocycles. The van der Waals surface area contributed by atoms with Crippen molar-refractivity contribution >= 4 is 23.2 Å². The molecule has 26 heavy (non-hydrogen) atoms. The topological polar surface area (TPSA) is 57.6 Å². The van der Waals surface area contributed by atoms with Gasteiger partial charge >= 0.3 is 5.97 Å². The van der Waals surface area contributed by atoms with E-state index in [0.29, 0.717) is 31.4 Å². The lowest BCUT2D eigenvalue weighted by Gasteiger charge is -2.26. The maximum atomic E-state index is 13.9. The minimum atomic E-state index is -0.836. The molecule has 0 radical (unpaired) electrons. The molecule has 1 aromatic carbocycles. The average molecular weight is 377 g/mol. The van der Waals surface area contributed by atoms with E-state index in [1.807, 2.05) is 26.0 Å². The second kappa shape index (κ2) is 9.48. The van der Waals surface area contributed by atoms with Crippen LogP contribution in [-0.2, 0) is 16.1 Å². The molecule has 0 saturated heterocycles. The van der Waals surface area contributed by atoms with Gasteiger partial charge < -0.3 is 10.0 Å². The van der Waals surface area contributed by atoms with Gasteiger partial charge in [-0.15, -0.1) is 11.3 Å². The second-order valence-corrected chi connectivity index (χ2v) is 7.63. The number of thiophene rings is 1. The highest BCUT2D eigenvalue weighted by molar-refractivity contribution is 7.15. The Bertz CT molecular complexity index is 757. The minimum Gasteiger partial charge on any atom is -0.481 e. The zero-order valence-corrected chi connectivity index (χ0v) is 15.9. The van der Waals surface area contributed by atoms with Crippen LogP contribution in [0.4, 0.5) is 4.39 Å². The molecule has 0 aliphatic rings. The van der Waals surface area contributed by atoms with Gasteiger partial charge in [0.1, 0.15) is 5.82 Å². The summed E-state index contributed by atoms with van der Waals surface area (Å²) in [5.41, 5.74) is 0.569. The molecule has 0 saturated carbocycles. The lowest BCUT2D eigenvalue weighted by Crippen LogP contribution is -2.36. The fourth-order valence-electron chi connectivity index (χ4n) is 2.69. The number of carboxylic acid groups (broad SMARTS) is 1. The Morgan fingerprint density at radius 3 is 2.46 bits per heavy atom. The van der Waals surface area contributed by atoms with Crippen LogP contribution in [0.15, 0.2) is 36.4 Å². The fraction of sp³-hybridized carbons (Fsp3) is 0.400. The number of amides is 1. The molecule has 140 valence electrons. The quantitative estimate of drug-likeness (QED) is 0.630. The number of nitrogens with zero attached hydrogens (tertiary/aromatic N) is 1. The van der Waals surface area contributed by atoms with Gasteiger partial charge in [-0.2, -0.15) is 0 Å². The van der Waals surface area contributed by atoms with Crippen LogP contribution in [0.2, 0.25) is 0 Å². The molecule has 0 fully saturated rings. The summed E-state index contributed by atoms with van der Waals surface area (Å²) in [5, 5.41) is 8.67. The van der Waals surface area contributed by atoms with Crippen LogP contribution in [0.1, 0.15) is 44.4 Å². The Hall–Kier alpha value is -2.21. The average Bonchev–Trinajstić information content (AvgIpc) is 3.05. The standard InChI is InChI=1S/C20H24FNO3S/c1-14(2)22(19(23)9-5-6-10-20(24)25)13-15-11-12-18(26-15)16-7-3-4-8-17(16)21/h3-4,7-8,11-12,14H,5-6,9-10,13H2,1-2H3,(H,24,25). The van der Waals surface area contributed by atoms with Crippen LogP contribution >= 0.6 is 11.3 Å². The zero-order valence-electron chi connectivity index (χ0n) is 15.1. The summed E-state index contributed by atoms with van der Waals surface area (Å²) < 4.78 is 13.9. The number of unbranched alkanes of at least 4 members (excludes halogenated alkanes) is 1. The van der Waals surface area contributed by atoms with Gasteiger partial charge in [0, 0.05) is 34.2 Å². The monoisotopic (exact) mass is 377 g/mol. The van der Waals surface area contributed by atoms with E-state index in [9.17, 15) is 14.0 Å². The Morgan fingerprint density at radius 2 is 1.81 bits per heavy atom. The largest absolute Gasteiger partial charge is 0.481 e. The predicted octanol–water partition coefficient (Wildman–Crippen LogP) is 4.94. The third-order valence-corrected chi connectivity index (χ3v) is 5.21. The number of carbonyl (C=O) groups excluding carboxylic acids is 1. The number of carbonyl (C=O) groups is 2. The molecule has 1 aromatic heterocycles. The van der Waals surface area contributed by atoms with E-state index in [0.717, 1.165) is 9.75 Å². The van der Waals surface area contributed by atoms with Crippen LogP contribution in [0, 0.1) is 5.82 Å². The van der Waals surface area contributed by atoms with Crippen molar-refractivity contribution in [2.45, 2.75) is 52.1 Å². The van der Waals surface area contributed by atoms with Crippen LogP contribution in [0.5, 0.6) is 0 Å². The van der Waals surface area contributed by atoms with Gasteiger partial charge in [0.05, 0.1) is 6.54 Å². The summed E-state index contributed by atoms with van der Waals surface area (Å²) >= 11 is 1.48. The van der Waals surface area contributed by atoms with Crippen LogP contribution < -0.4 is 0 Å². The first-order valence-corrected chi connectivity index (χ1v) is 9.55. The number of aliphatic carboxylic acids is 1. The molecule has 1 heterocycles. The lowest BCUT2D eigenvalue weighted by molar-refractivity contribution is -0.138. The summed E-state index contributed by atoms with van der Waals surface area (Å²) in [6.07, 6.45) is 1.51. The third kappa shape index (κ3) is 5.66. The van der Waals surface area contributed by atoms with E-state index in [4.69, 9.17) is 5.11 Å². The Balaban J connectivity index is 2.00. The summed E-state index contributed by atoms with van der Waals surface area (Å²) in [4.78, 5) is 26.7. The van der Waals surface area contributed by atoms with E-state index in [1.165, 1.54) is 17.4 Å². The fourth-order valence-corrected chi connectivity index (χ4v) is 3.73. The number of rotatable bonds is 9. The zero-order chi connectivity index (χ0) is 19.1. The number of hydrogen-bond donors (Lipinski definition) is 1. The molecular weight excluding hydrogens is 353 g/mol. The maximum absolute atomic E-state index is 13.9. The molecule has 4 nitrogen and oxygen atoms in total. The van der Waals surface area contributed by atoms with Crippen LogP contribution in [0.25, 0.3) is 10.4 Å². The number of benzene rings is 1. The lowest BCUT2D eigenvalue weighted by atomic mass is 10.1. The normalized spacial score (nSPS) is 10.9. The highest BCUT2D eigenvalue weighted by Crippen LogP contribution is 2.31. The molecular formula is C20H24FNO3S. The maximum Gasteiger partial charge on any atom is 0.303 e. The molecule has 0 bridgehead atoms. The van der Waals surface area contributed by atoms with E-state index in [1.54, 1.807) is 23.1 Å².